The van der Waals surface area contributed by atoms with E-state index in [1.54, 1.807) is 12.4 Å². The predicted molar refractivity (Wildman–Crippen MR) is 83.0 cm³/mol. The molecule has 0 aromatic carbocycles. The van der Waals surface area contributed by atoms with Crippen LogP contribution in [0.15, 0.2) is 18.5 Å². The second-order valence-corrected chi connectivity index (χ2v) is 6.47. The van der Waals surface area contributed by atoms with Crippen LogP contribution in [0.4, 0.5) is 5.69 Å². The first kappa shape index (κ1) is 13.4. The van der Waals surface area contributed by atoms with Gasteiger partial charge >= 0.3 is 0 Å². The Morgan fingerprint density at radius 2 is 2.35 bits per heavy atom. The second kappa shape index (κ2) is 5.05. The molecule has 2 unspecified atom stereocenters. The molecule has 2 N–H and O–H groups in total. The van der Waals surface area contributed by atoms with Crippen molar-refractivity contribution in [3.05, 3.63) is 23.3 Å². The molecule has 0 aliphatic carbocycles. The number of nitrogen functional groups attached to an aromatic ring is 1. The number of amides is 1. The number of likely N-dealkylation sites (tertiary alicyclic amines) is 1. The molecule has 0 spiro atoms. The normalized spacial score (nSPS) is 22.6. The van der Waals surface area contributed by atoms with Gasteiger partial charge in [-0.3, -0.25) is 9.78 Å². The van der Waals surface area contributed by atoms with Crippen molar-refractivity contribution < 1.29 is 4.79 Å². The number of aromatic nitrogens is 1. The van der Waals surface area contributed by atoms with Crippen LogP contribution in [0.3, 0.4) is 0 Å². The predicted octanol–water partition coefficient (Wildman–Crippen LogP) is 3.28. The van der Waals surface area contributed by atoms with Crippen LogP contribution in [-0.2, 0) is 0 Å². The summed E-state index contributed by atoms with van der Waals surface area (Å²) in [6.45, 7) is 4.26. The Hall–Kier alpha value is -1.62. The van der Waals surface area contributed by atoms with E-state index in [-0.39, 0.29) is 5.91 Å². The first-order valence-corrected chi connectivity index (χ1v) is 7.89. The van der Waals surface area contributed by atoms with Gasteiger partial charge in [0, 0.05) is 29.9 Å². The Bertz CT molecular complexity index is 652. The number of thiophene rings is 1. The Kier molecular flexibility index (Phi) is 3.38. The van der Waals surface area contributed by atoms with E-state index in [2.05, 4.69) is 18.8 Å². The quantitative estimate of drug-likeness (QED) is 0.923. The zero-order chi connectivity index (χ0) is 14.3. The summed E-state index contributed by atoms with van der Waals surface area (Å²) in [5, 5.41) is 0.938. The van der Waals surface area contributed by atoms with Gasteiger partial charge in [-0.15, -0.1) is 11.3 Å². The third-order valence-electron chi connectivity index (χ3n) is 4.22. The van der Waals surface area contributed by atoms with Crippen molar-refractivity contribution in [1.29, 1.82) is 0 Å². The van der Waals surface area contributed by atoms with Crippen LogP contribution >= 0.6 is 11.3 Å². The third-order valence-corrected chi connectivity index (χ3v) is 5.36. The van der Waals surface area contributed by atoms with E-state index >= 15 is 0 Å². The van der Waals surface area contributed by atoms with Crippen LogP contribution in [0.5, 0.6) is 0 Å². The summed E-state index contributed by atoms with van der Waals surface area (Å²) < 4.78 is 0.980. The van der Waals surface area contributed by atoms with Crippen LogP contribution in [0.25, 0.3) is 10.1 Å². The zero-order valence-electron chi connectivity index (χ0n) is 11.8. The van der Waals surface area contributed by atoms with Gasteiger partial charge in [0.25, 0.3) is 5.91 Å². The van der Waals surface area contributed by atoms with Crippen molar-refractivity contribution in [1.82, 2.24) is 9.88 Å². The number of rotatable bonds is 2. The van der Waals surface area contributed by atoms with Crippen molar-refractivity contribution in [2.24, 2.45) is 0 Å². The van der Waals surface area contributed by atoms with E-state index in [0.29, 0.717) is 22.6 Å². The average Bonchev–Trinajstić information content (AvgIpc) is 2.99. The highest BCUT2D eigenvalue weighted by atomic mass is 32.1. The molecule has 2 aromatic heterocycles. The number of hydrogen-bond acceptors (Lipinski definition) is 4. The molecule has 0 bridgehead atoms. The van der Waals surface area contributed by atoms with Crippen molar-refractivity contribution in [3.63, 3.8) is 0 Å². The van der Waals surface area contributed by atoms with Gasteiger partial charge in [-0.05, 0) is 32.3 Å². The lowest BCUT2D eigenvalue weighted by molar-refractivity contribution is 0.0682. The van der Waals surface area contributed by atoms with E-state index in [4.69, 9.17) is 5.73 Å². The van der Waals surface area contributed by atoms with Gasteiger partial charge in [0.2, 0.25) is 0 Å². The van der Waals surface area contributed by atoms with Crippen molar-refractivity contribution in [3.8, 4) is 0 Å². The first-order valence-electron chi connectivity index (χ1n) is 7.08. The standard InChI is InChI=1S/C15H19N3OS/c1-3-10-5-4-9(2)18(10)15(19)14-13(16)11-6-7-17-8-12(11)20-14/h6-10H,3-5,16H2,1-2H3. The average molecular weight is 289 g/mol. The zero-order valence-corrected chi connectivity index (χ0v) is 12.6. The maximum atomic E-state index is 12.9. The minimum absolute atomic E-state index is 0.0838. The Morgan fingerprint density at radius 1 is 1.55 bits per heavy atom. The topological polar surface area (TPSA) is 59.2 Å². The molecule has 1 aliphatic heterocycles. The minimum atomic E-state index is 0.0838. The minimum Gasteiger partial charge on any atom is -0.397 e. The molecule has 0 radical (unpaired) electrons. The summed E-state index contributed by atoms with van der Waals surface area (Å²) in [6, 6.07) is 2.53. The molecular formula is C15H19N3OS. The highest BCUT2D eigenvalue weighted by Gasteiger charge is 2.35. The van der Waals surface area contributed by atoms with Crippen molar-refractivity contribution >= 4 is 33.0 Å². The molecule has 106 valence electrons. The van der Waals surface area contributed by atoms with Crippen LogP contribution in [0.2, 0.25) is 0 Å². The maximum absolute atomic E-state index is 12.9. The molecule has 5 heteroatoms. The van der Waals surface area contributed by atoms with Gasteiger partial charge in [0.1, 0.15) is 4.88 Å². The monoisotopic (exact) mass is 289 g/mol. The second-order valence-electron chi connectivity index (χ2n) is 5.42. The van der Waals surface area contributed by atoms with Gasteiger partial charge in [0.15, 0.2) is 0 Å². The summed E-state index contributed by atoms with van der Waals surface area (Å²) in [5.41, 5.74) is 6.78. The lowest BCUT2D eigenvalue weighted by atomic mass is 10.1. The summed E-state index contributed by atoms with van der Waals surface area (Å²) in [6.07, 6.45) is 6.67. The lowest BCUT2D eigenvalue weighted by Crippen LogP contribution is -2.39. The summed E-state index contributed by atoms with van der Waals surface area (Å²) in [7, 11) is 0. The smallest absolute Gasteiger partial charge is 0.266 e. The number of nitrogens with zero attached hydrogens (tertiary/aromatic N) is 2. The molecular weight excluding hydrogens is 270 g/mol. The third kappa shape index (κ3) is 1.97. The van der Waals surface area contributed by atoms with Gasteiger partial charge in [0.05, 0.1) is 10.4 Å². The fraction of sp³-hybridized carbons (Fsp3) is 0.467. The Morgan fingerprint density at radius 3 is 3.05 bits per heavy atom. The summed E-state index contributed by atoms with van der Waals surface area (Å²) in [4.78, 5) is 19.6. The van der Waals surface area contributed by atoms with Crippen molar-refractivity contribution in [2.45, 2.75) is 45.2 Å². The lowest BCUT2D eigenvalue weighted by Gasteiger charge is -2.27. The number of carbonyl (C=O) groups is 1. The van der Waals surface area contributed by atoms with Gasteiger partial charge in [-0.25, -0.2) is 0 Å². The largest absolute Gasteiger partial charge is 0.397 e. The molecule has 1 fully saturated rings. The van der Waals surface area contributed by atoms with Crippen LogP contribution in [0, 0.1) is 0 Å². The molecule has 3 heterocycles. The number of fused-ring (bicyclic) bond motifs is 1. The molecule has 1 amide bonds. The molecule has 3 rings (SSSR count). The van der Waals surface area contributed by atoms with Gasteiger partial charge in [-0.1, -0.05) is 6.92 Å². The highest BCUT2D eigenvalue weighted by Crippen LogP contribution is 2.36. The van der Waals surface area contributed by atoms with E-state index in [1.807, 2.05) is 11.0 Å². The van der Waals surface area contributed by atoms with E-state index in [1.165, 1.54) is 11.3 Å². The molecule has 4 nitrogen and oxygen atoms in total. The fourth-order valence-corrected chi connectivity index (χ4v) is 4.12. The molecule has 0 saturated carbocycles. The molecule has 1 saturated heterocycles. The number of pyridine rings is 1. The summed E-state index contributed by atoms with van der Waals surface area (Å²) >= 11 is 1.45. The molecule has 1 aliphatic rings. The Balaban J connectivity index is 2.02. The maximum Gasteiger partial charge on any atom is 0.266 e. The molecule has 2 atom stereocenters. The molecule has 20 heavy (non-hydrogen) atoms. The summed E-state index contributed by atoms with van der Waals surface area (Å²) in [5.74, 6) is 0.0838. The van der Waals surface area contributed by atoms with Crippen LogP contribution in [0.1, 0.15) is 42.8 Å². The van der Waals surface area contributed by atoms with E-state index in [0.717, 1.165) is 29.3 Å². The van der Waals surface area contributed by atoms with Crippen LogP contribution in [-0.4, -0.2) is 27.9 Å². The van der Waals surface area contributed by atoms with Gasteiger partial charge in [-0.2, -0.15) is 0 Å². The molecule has 2 aromatic rings. The highest BCUT2D eigenvalue weighted by molar-refractivity contribution is 7.21. The Labute approximate surface area is 122 Å². The fourth-order valence-electron chi connectivity index (χ4n) is 3.09. The van der Waals surface area contributed by atoms with Crippen molar-refractivity contribution in [2.75, 3.05) is 5.73 Å². The number of anilines is 1. The number of hydrogen-bond donors (Lipinski definition) is 1. The van der Waals surface area contributed by atoms with Gasteiger partial charge < -0.3 is 10.6 Å². The number of carbonyl (C=O) groups excluding carboxylic acids is 1. The first-order chi connectivity index (χ1) is 9.63. The van der Waals surface area contributed by atoms with E-state index < -0.39 is 0 Å². The SMILES string of the molecule is CCC1CCC(C)N1C(=O)c1sc2cnccc2c1N. The van der Waals surface area contributed by atoms with E-state index in [9.17, 15) is 4.79 Å². The number of nitrogens with two attached hydrogens (primary N) is 1. The van der Waals surface area contributed by atoms with Crippen LogP contribution < -0.4 is 5.73 Å².